The third-order valence-electron chi connectivity index (χ3n) is 3.77. The molecule has 1 aromatic heterocycles. The predicted molar refractivity (Wildman–Crippen MR) is 94.0 cm³/mol. The van der Waals surface area contributed by atoms with Crippen LogP contribution in [0, 0.1) is 6.92 Å². The van der Waals surface area contributed by atoms with Gasteiger partial charge in [0, 0.05) is 16.5 Å². The van der Waals surface area contributed by atoms with Gasteiger partial charge in [-0.1, -0.05) is 6.92 Å². The number of anilines is 1. The van der Waals surface area contributed by atoms with Crippen LogP contribution in [0.2, 0.25) is 0 Å². The van der Waals surface area contributed by atoms with E-state index in [9.17, 15) is 13.2 Å². The van der Waals surface area contributed by atoms with E-state index in [0.717, 1.165) is 29.8 Å². The van der Waals surface area contributed by atoms with Crippen molar-refractivity contribution in [3.63, 3.8) is 0 Å². The minimum atomic E-state index is -3.50. The van der Waals surface area contributed by atoms with E-state index in [2.05, 4.69) is 15.0 Å². The smallest absolute Gasteiger partial charge is 0.257 e. The highest BCUT2D eigenvalue weighted by Crippen LogP contribution is 2.24. The number of nitrogens with one attached hydrogen (secondary N) is 2. The fraction of sp³-hybridized carbons (Fsp3) is 0.375. The first-order chi connectivity index (χ1) is 11.4. The largest absolute Gasteiger partial charge is 0.298 e. The van der Waals surface area contributed by atoms with Crippen molar-refractivity contribution < 1.29 is 13.2 Å². The van der Waals surface area contributed by atoms with Gasteiger partial charge in [-0.05, 0) is 50.5 Å². The van der Waals surface area contributed by atoms with Crippen LogP contribution in [0.1, 0.15) is 40.7 Å². The van der Waals surface area contributed by atoms with Gasteiger partial charge in [0.15, 0.2) is 5.13 Å². The minimum Gasteiger partial charge on any atom is -0.298 e. The fourth-order valence-electron chi connectivity index (χ4n) is 2.25. The molecule has 0 aliphatic heterocycles. The zero-order valence-electron chi connectivity index (χ0n) is 13.5. The highest BCUT2D eigenvalue weighted by Gasteiger charge is 2.28. The van der Waals surface area contributed by atoms with Crippen LogP contribution in [0.25, 0.3) is 0 Å². The van der Waals surface area contributed by atoms with Crippen molar-refractivity contribution in [2.24, 2.45) is 0 Å². The molecule has 1 amide bonds. The molecule has 0 radical (unpaired) electrons. The van der Waals surface area contributed by atoms with Gasteiger partial charge in [-0.2, -0.15) is 0 Å². The lowest BCUT2D eigenvalue weighted by atomic mass is 10.2. The Hall–Kier alpha value is -1.77. The molecule has 24 heavy (non-hydrogen) atoms. The van der Waals surface area contributed by atoms with E-state index < -0.39 is 10.0 Å². The lowest BCUT2D eigenvalue weighted by Gasteiger charge is -2.06. The standard InChI is InChI=1S/C16H19N3O3S2/c1-3-14-10(2)23-16(17-14)18-15(20)11-4-8-13(9-5-11)24(21,22)19-12-6-7-12/h4-5,8-9,12,19H,3,6-7H2,1-2H3,(H,17,18,20). The Morgan fingerprint density at radius 2 is 1.96 bits per heavy atom. The highest BCUT2D eigenvalue weighted by atomic mass is 32.2. The third-order valence-corrected chi connectivity index (χ3v) is 6.24. The molecule has 1 fully saturated rings. The third kappa shape index (κ3) is 3.82. The summed E-state index contributed by atoms with van der Waals surface area (Å²) in [6.07, 6.45) is 2.58. The summed E-state index contributed by atoms with van der Waals surface area (Å²) in [5, 5.41) is 3.31. The van der Waals surface area contributed by atoms with Gasteiger partial charge in [-0.25, -0.2) is 18.1 Å². The number of amides is 1. The van der Waals surface area contributed by atoms with Crippen LogP contribution in [0.3, 0.4) is 0 Å². The Morgan fingerprint density at radius 1 is 1.29 bits per heavy atom. The van der Waals surface area contributed by atoms with E-state index in [0.29, 0.717) is 10.7 Å². The maximum absolute atomic E-state index is 12.3. The van der Waals surface area contributed by atoms with Crippen LogP contribution in [-0.4, -0.2) is 25.4 Å². The summed E-state index contributed by atoms with van der Waals surface area (Å²) >= 11 is 1.43. The number of carbonyl (C=O) groups is 1. The molecular weight excluding hydrogens is 346 g/mol. The van der Waals surface area contributed by atoms with Crippen LogP contribution in [0.4, 0.5) is 5.13 Å². The molecule has 0 atom stereocenters. The Bertz CT molecular complexity index is 853. The average Bonchev–Trinajstić information content (AvgIpc) is 3.28. The van der Waals surface area contributed by atoms with Crippen molar-refractivity contribution >= 4 is 32.4 Å². The number of rotatable bonds is 6. The minimum absolute atomic E-state index is 0.0545. The lowest BCUT2D eigenvalue weighted by Crippen LogP contribution is -2.25. The van der Waals surface area contributed by atoms with Gasteiger partial charge in [0.25, 0.3) is 5.91 Å². The lowest BCUT2D eigenvalue weighted by molar-refractivity contribution is 0.102. The normalized spacial score (nSPS) is 14.6. The topological polar surface area (TPSA) is 88.2 Å². The molecule has 1 aliphatic carbocycles. The van der Waals surface area contributed by atoms with Gasteiger partial charge in [0.1, 0.15) is 0 Å². The number of benzene rings is 1. The molecule has 2 aromatic rings. The van der Waals surface area contributed by atoms with Gasteiger partial charge >= 0.3 is 0 Å². The number of thiazole rings is 1. The van der Waals surface area contributed by atoms with Gasteiger partial charge in [-0.15, -0.1) is 11.3 Å². The Morgan fingerprint density at radius 3 is 2.50 bits per heavy atom. The van der Waals surface area contributed by atoms with Crippen molar-refractivity contribution in [3.8, 4) is 0 Å². The maximum atomic E-state index is 12.3. The van der Waals surface area contributed by atoms with Crippen LogP contribution < -0.4 is 10.0 Å². The molecule has 6 nitrogen and oxygen atoms in total. The molecular formula is C16H19N3O3S2. The SMILES string of the molecule is CCc1nc(NC(=O)c2ccc(S(=O)(=O)NC3CC3)cc2)sc1C. The summed E-state index contributed by atoms with van der Waals surface area (Å²) in [4.78, 5) is 17.9. The Balaban J connectivity index is 1.71. The van der Waals surface area contributed by atoms with Crippen molar-refractivity contribution in [1.29, 1.82) is 0 Å². The van der Waals surface area contributed by atoms with Crippen molar-refractivity contribution in [3.05, 3.63) is 40.4 Å². The molecule has 0 spiro atoms. The van der Waals surface area contributed by atoms with E-state index in [-0.39, 0.29) is 16.8 Å². The molecule has 2 N–H and O–H groups in total. The van der Waals surface area contributed by atoms with Crippen molar-refractivity contribution in [1.82, 2.24) is 9.71 Å². The van der Waals surface area contributed by atoms with E-state index in [4.69, 9.17) is 0 Å². The number of aryl methyl sites for hydroxylation is 2. The molecule has 0 unspecified atom stereocenters. The molecule has 1 saturated carbocycles. The van der Waals surface area contributed by atoms with E-state index >= 15 is 0 Å². The predicted octanol–water partition coefficient (Wildman–Crippen LogP) is 2.71. The maximum Gasteiger partial charge on any atom is 0.257 e. The van der Waals surface area contributed by atoms with Crippen molar-refractivity contribution in [2.45, 2.75) is 44.0 Å². The highest BCUT2D eigenvalue weighted by molar-refractivity contribution is 7.89. The summed E-state index contributed by atoms with van der Waals surface area (Å²) in [7, 11) is -3.50. The van der Waals surface area contributed by atoms with Crippen LogP contribution in [0.5, 0.6) is 0 Å². The van der Waals surface area contributed by atoms with Crippen LogP contribution >= 0.6 is 11.3 Å². The first kappa shape index (κ1) is 17.1. The summed E-state index contributed by atoms with van der Waals surface area (Å²) in [5.41, 5.74) is 1.37. The summed E-state index contributed by atoms with van der Waals surface area (Å²) in [6, 6.07) is 5.98. The summed E-state index contributed by atoms with van der Waals surface area (Å²) < 4.78 is 26.8. The molecule has 0 bridgehead atoms. The number of aromatic nitrogens is 1. The van der Waals surface area contributed by atoms with Crippen molar-refractivity contribution in [2.75, 3.05) is 5.32 Å². The summed E-state index contributed by atoms with van der Waals surface area (Å²) in [6.45, 7) is 3.99. The number of hydrogen-bond donors (Lipinski definition) is 2. The zero-order chi connectivity index (χ0) is 17.3. The molecule has 0 saturated heterocycles. The number of hydrogen-bond acceptors (Lipinski definition) is 5. The molecule has 1 heterocycles. The fourth-order valence-corrected chi connectivity index (χ4v) is 4.46. The molecule has 1 aliphatic rings. The van der Waals surface area contributed by atoms with Crippen LogP contribution in [0.15, 0.2) is 29.2 Å². The second-order valence-electron chi connectivity index (χ2n) is 5.75. The molecule has 1 aromatic carbocycles. The Kier molecular flexibility index (Phi) is 4.71. The van der Waals surface area contributed by atoms with Gasteiger partial charge < -0.3 is 0 Å². The number of sulfonamides is 1. The first-order valence-corrected chi connectivity index (χ1v) is 10.1. The monoisotopic (exact) mass is 365 g/mol. The molecule has 8 heteroatoms. The van der Waals surface area contributed by atoms with E-state index in [1.165, 1.54) is 35.6 Å². The molecule has 128 valence electrons. The van der Waals surface area contributed by atoms with E-state index in [1.54, 1.807) is 0 Å². The van der Waals surface area contributed by atoms with E-state index in [1.807, 2.05) is 13.8 Å². The number of nitrogens with zero attached hydrogens (tertiary/aromatic N) is 1. The second kappa shape index (κ2) is 6.62. The zero-order valence-corrected chi connectivity index (χ0v) is 15.1. The van der Waals surface area contributed by atoms with Gasteiger partial charge in [0.2, 0.25) is 10.0 Å². The Labute approximate surface area is 145 Å². The first-order valence-electron chi connectivity index (χ1n) is 7.79. The second-order valence-corrected chi connectivity index (χ2v) is 8.67. The van der Waals surface area contributed by atoms with Gasteiger partial charge in [0.05, 0.1) is 10.6 Å². The van der Waals surface area contributed by atoms with Gasteiger partial charge in [-0.3, -0.25) is 10.1 Å². The quantitative estimate of drug-likeness (QED) is 0.824. The summed E-state index contributed by atoms with van der Waals surface area (Å²) in [5.74, 6) is -0.300. The average molecular weight is 365 g/mol. The molecule has 3 rings (SSSR count). The number of carbonyl (C=O) groups excluding carboxylic acids is 1. The van der Waals surface area contributed by atoms with Crippen LogP contribution in [-0.2, 0) is 16.4 Å².